The molecule has 0 radical (unpaired) electrons. The van der Waals surface area contributed by atoms with Gasteiger partial charge in [0.2, 0.25) is 5.91 Å². The summed E-state index contributed by atoms with van der Waals surface area (Å²) in [5.41, 5.74) is 2.25. The number of carbonyl (C=O) groups is 1. The third-order valence-electron chi connectivity index (χ3n) is 4.83. The molecule has 0 unspecified atom stereocenters. The van der Waals surface area contributed by atoms with Crippen molar-refractivity contribution in [3.8, 4) is 0 Å². The van der Waals surface area contributed by atoms with E-state index in [-0.39, 0.29) is 12.0 Å². The zero-order valence-corrected chi connectivity index (χ0v) is 14.8. The minimum Gasteiger partial charge on any atom is -0.371 e. The van der Waals surface area contributed by atoms with Crippen molar-refractivity contribution in [2.45, 2.75) is 38.9 Å². The molecule has 0 spiro atoms. The molecule has 0 saturated carbocycles. The Morgan fingerprint density at radius 3 is 2.72 bits per heavy atom. The monoisotopic (exact) mass is 338 g/mol. The van der Waals surface area contributed by atoms with Gasteiger partial charge in [0.05, 0.1) is 18.4 Å². The number of pyridine rings is 1. The van der Waals surface area contributed by atoms with Crippen LogP contribution in [-0.2, 0) is 22.6 Å². The molecule has 4 nitrogen and oxygen atoms in total. The van der Waals surface area contributed by atoms with Crippen LogP contribution in [0.15, 0.2) is 54.7 Å². The number of nitrogens with zero attached hydrogens (tertiary/aromatic N) is 2. The average Bonchev–Trinajstić information content (AvgIpc) is 2.68. The fourth-order valence-corrected chi connectivity index (χ4v) is 3.47. The first kappa shape index (κ1) is 17.6. The highest BCUT2D eigenvalue weighted by Crippen LogP contribution is 2.25. The second-order valence-corrected chi connectivity index (χ2v) is 6.60. The van der Waals surface area contributed by atoms with Gasteiger partial charge in [-0.3, -0.25) is 9.78 Å². The van der Waals surface area contributed by atoms with Gasteiger partial charge in [-0.2, -0.15) is 0 Å². The van der Waals surface area contributed by atoms with Crippen LogP contribution in [0.4, 0.5) is 0 Å². The topological polar surface area (TPSA) is 42.4 Å². The smallest absolute Gasteiger partial charge is 0.222 e. The fourth-order valence-electron chi connectivity index (χ4n) is 3.47. The Morgan fingerprint density at radius 1 is 1.20 bits per heavy atom. The van der Waals surface area contributed by atoms with Gasteiger partial charge in [-0.15, -0.1) is 0 Å². The van der Waals surface area contributed by atoms with E-state index in [0.717, 1.165) is 31.6 Å². The number of likely N-dealkylation sites (tertiary alicyclic amines) is 1. The molecule has 2 atom stereocenters. The standard InChI is InChI=1S/C21H26N2O2/c1-2-21(24)23-13-11-20(25-16-19-10-6-7-12-22-19)18(15-23)14-17-8-4-3-5-9-17/h3-10,12,18,20H,2,11,13-16H2,1H3/t18-,20+/m1/s1. The molecule has 1 aromatic carbocycles. The lowest BCUT2D eigenvalue weighted by Gasteiger charge is -2.38. The van der Waals surface area contributed by atoms with Crippen molar-refractivity contribution >= 4 is 5.91 Å². The molecule has 0 bridgehead atoms. The summed E-state index contributed by atoms with van der Waals surface area (Å²) in [5, 5.41) is 0. The van der Waals surface area contributed by atoms with E-state index in [4.69, 9.17) is 4.74 Å². The first-order valence-electron chi connectivity index (χ1n) is 9.09. The highest BCUT2D eigenvalue weighted by atomic mass is 16.5. The normalized spacial score (nSPS) is 20.4. The van der Waals surface area contributed by atoms with Gasteiger partial charge in [0, 0.05) is 31.6 Å². The average molecular weight is 338 g/mol. The van der Waals surface area contributed by atoms with Crippen LogP contribution in [0, 0.1) is 5.92 Å². The van der Waals surface area contributed by atoms with Gasteiger partial charge in [0.15, 0.2) is 0 Å². The summed E-state index contributed by atoms with van der Waals surface area (Å²) in [6.45, 7) is 4.01. The first-order valence-corrected chi connectivity index (χ1v) is 9.09. The van der Waals surface area contributed by atoms with Crippen LogP contribution in [0.5, 0.6) is 0 Å². The number of carbonyl (C=O) groups excluding carboxylic acids is 1. The molecule has 25 heavy (non-hydrogen) atoms. The molecule has 2 aromatic rings. The Hall–Kier alpha value is -2.20. The second kappa shape index (κ2) is 8.77. The number of ether oxygens (including phenoxy) is 1. The Balaban J connectivity index is 1.67. The lowest BCUT2D eigenvalue weighted by molar-refractivity contribution is -0.136. The fraction of sp³-hybridized carbons (Fsp3) is 0.429. The van der Waals surface area contributed by atoms with Crippen LogP contribution in [0.3, 0.4) is 0 Å². The lowest BCUT2D eigenvalue weighted by atomic mass is 9.88. The van der Waals surface area contributed by atoms with E-state index in [2.05, 4.69) is 29.2 Å². The van der Waals surface area contributed by atoms with Gasteiger partial charge in [-0.25, -0.2) is 0 Å². The maximum Gasteiger partial charge on any atom is 0.222 e. The number of amides is 1. The Labute approximate surface area is 149 Å². The van der Waals surface area contributed by atoms with Gasteiger partial charge < -0.3 is 9.64 Å². The number of piperidine rings is 1. The summed E-state index contributed by atoms with van der Waals surface area (Å²) in [5.74, 6) is 0.552. The molecule has 1 aliphatic rings. The molecule has 1 fully saturated rings. The number of aromatic nitrogens is 1. The molecule has 0 aliphatic carbocycles. The van der Waals surface area contributed by atoms with Crippen LogP contribution < -0.4 is 0 Å². The van der Waals surface area contributed by atoms with Crippen LogP contribution in [0.25, 0.3) is 0 Å². The van der Waals surface area contributed by atoms with Crippen molar-refractivity contribution in [1.82, 2.24) is 9.88 Å². The molecule has 3 rings (SSSR count). The molecule has 0 N–H and O–H groups in total. The molecule has 4 heteroatoms. The highest BCUT2D eigenvalue weighted by Gasteiger charge is 2.31. The molecule has 1 amide bonds. The summed E-state index contributed by atoms with van der Waals surface area (Å²) in [4.78, 5) is 18.5. The van der Waals surface area contributed by atoms with Crippen LogP contribution >= 0.6 is 0 Å². The molecule has 1 aromatic heterocycles. The molecule has 1 saturated heterocycles. The van der Waals surface area contributed by atoms with E-state index >= 15 is 0 Å². The summed E-state index contributed by atoms with van der Waals surface area (Å²) in [7, 11) is 0. The summed E-state index contributed by atoms with van der Waals surface area (Å²) in [6, 6.07) is 16.3. The first-order chi connectivity index (χ1) is 12.3. The quantitative estimate of drug-likeness (QED) is 0.810. The largest absolute Gasteiger partial charge is 0.371 e. The summed E-state index contributed by atoms with van der Waals surface area (Å²) in [6.07, 6.45) is 4.33. The Bertz CT molecular complexity index is 660. The number of rotatable bonds is 6. The molecular formula is C21H26N2O2. The van der Waals surface area contributed by atoms with Crippen LogP contribution in [0.1, 0.15) is 31.0 Å². The zero-order valence-electron chi connectivity index (χ0n) is 14.8. The summed E-state index contributed by atoms with van der Waals surface area (Å²) >= 11 is 0. The SMILES string of the molecule is CCC(=O)N1CC[C@H](OCc2ccccn2)[C@H](Cc2ccccc2)C1. The minimum atomic E-state index is 0.156. The van der Waals surface area contributed by atoms with Crippen molar-refractivity contribution in [3.05, 3.63) is 66.0 Å². The van der Waals surface area contributed by atoms with Crippen molar-refractivity contribution in [2.75, 3.05) is 13.1 Å². The van der Waals surface area contributed by atoms with Gasteiger partial charge in [0.25, 0.3) is 0 Å². The minimum absolute atomic E-state index is 0.156. The van der Waals surface area contributed by atoms with E-state index in [1.165, 1.54) is 5.56 Å². The maximum atomic E-state index is 12.1. The van der Waals surface area contributed by atoms with Crippen LogP contribution in [-0.4, -0.2) is 35.0 Å². The van der Waals surface area contributed by atoms with E-state index in [1.807, 2.05) is 36.1 Å². The highest BCUT2D eigenvalue weighted by molar-refractivity contribution is 5.75. The third-order valence-corrected chi connectivity index (χ3v) is 4.83. The van der Waals surface area contributed by atoms with Gasteiger partial charge in [0.1, 0.15) is 0 Å². The predicted molar refractivity (Wildman–Crippen MR) is 97.9 cm³/mol. The van der Waals surface area contributed by atoms with Crippen molar-refractivity contribution in [2.24, 2.45) is 5.92 Å². The van der Waals surface area contributed by atoms with E-state index in [9.17, 15) is 4.79 Å². The second-order valence-electron chi connectivity index (χ2n) is 6.60. The zero-order chi connectivity index (χ0) is 17.5. The van der Waals surface area contributed by atoms with Crippen molar-refractivity contribution < 1.29 is 9.53 Å². The Kier molecular flexibility index (Phi) is 6.18. The molecule has 1 aliphatic heterocycles. The number of hydrogen-bond acceptors (Lipinski definition) is 3. The Morgan fingerprint density at radius 2 is 2.00 bits per heavy atom. The van der Waals surface area contributed by atoms with Crippen molar-refractivity contribution in [3.63, 3.8) is 0 Å². The molecule has 2 heterocycles. The lowest BCUT2D eigenvalue weighted by Crippen LogP contribution is -2.47. The third kappa shape index (κ3) is 4.89. The molecule has 132 valence electrons. The van der Waals surface area contributed by atoms with Gasteiger partial charge in [-0.05, 0) is 30.5 Å². The summed E-state index contributed by atoms with van der Waals surface area (Å²) < 4.78 is 6.22. The maximum absolute atomic E-state index is 12.1. The van der Waals surface area contributed by atoms with Gasteiger partial charge >= 0.3 is 0 Å². The van der Waals surface area contributed by atoms with Crippen molar-refractivity contribution in [1.29, 1.82) is 0 Å². The van der Waals surface area contributed by atoms with Crippen LogP contribution in [0.2, 0.25) is 0 Å². The van der Waals surface area contributed by atoms with E-state index in [0.29, 0.717) is 18.9 Å². The number of hydrogen-bond donors (Lipinski definition) is 0. The predicted octanol–water partition coefficient (Wildman–Crippen LogP) is 3.47. The number of benzene rings is 1. The van der Waals surface area contributed by atoms with E-state index < -0.39 is 0 Å². The van der Waals surface area contributed by atoms with Gasteiger partial charge in [-0.1, -0.05) is 43.3 Å². The molecular weight excluding hydrogens is 312 g/mol. The van der Waals surface area contributed by atoms with E-state index in [1.54, 1.807) is 6.20 Å².